The third-order valence-corrected chi connectivity index (χ3v) is 7.43. The van der Waals surface area contributed by atoms with Gasteiger partial charge in [0.25, 0.3) is 11.8 Å². The molecule has 8 nitrogen and oxygen atoms in total. The number of amides is 3. The number of esters is 1. The SMILES string of the molecule is CCC(=O)N(c1ccccc1)C1(COC(=O)C(C)(C)C)CCN(CCN2C(=O)c3ccccc3C2=O)CC1. The van der Waals surface area contributed by atoms with Crippen LogP contribution in [0.4, 0.5) is 5.69 Å². The lowest BCUT2D eigenvalue weighted by Crippen LogP contribution is -2.61. The topological polar surface area (TPSA) is 87.2 Å². The van der Waals surface area contributed by atoms with E-state index in [9.17, 15) is 19.2 Å². The lowest BCUT2D eigenvalue weighted by atomic mass is 9.85. The molecule has 0 bridgehead atoms. The van der Waals surface area contributed by atoms with Crippen LogP contribution < -0.4 is 4.90 Å². The second kappa shape index (κ2) is 11.1. The lowest BCUT2D eigenvalue weighted by Gasteiger charge is -2.48. The summed E-state index contributed by atoms with van der Waals surface area (Å²) in [6, 6.07) is 16.4. The quantitative estimate of drug-likeness (QED) is 0.385. The first-order valence-corrected chi connectivity index (χ1v) is 13.3. The highest BCUT2D eigenvalue weighted by Crippen LogP contribution is 2.35. The normalized spacial score (nSPS) is 17.3. The molecule has 1 fully saturated rings. The standard InChI is InChI=1S/C30H37N3O5/c1-5-25(34)33(22-11-7-6-8-12-22)30(21-38-28(37)29(2,3)4)15-17-31(18-16-30)19-20-32-26(35)23-13-9-10-14-24(23)27(32)36/h6-14H,5,15-21H2,1-4H3. The van der Waals surface area contributed by atoms with E-state index in [1.54, 1.807) is 24.3 Å². The van der Waals surface area contributed by atoms with Gasteiger partial charge in [-0.15, -0.1) is 0 Å². The molecule has 0 spiro atoms. The van der Waals surface area contributed by atoms with Gasteiger partial charge in [0.1, 0.15) is 6.61 Å². The van der Waals surface area contributed by atoms with E-state index in [1.165, 1.54) is 4.90 Å². The number of anilines is 1. The fraction of sp³-hybridized carbons (Fsp3) is 0.467. The van der Waals surface area contributed by atoms with Crippen molar-refractivity contribution in [2.24, 2.45) is 5.41 Å². The lowest BCUT2D eigenvalue weighted by molar-refractivity contribution is -0.156. The largest absolute Gasteiger partial charge is 0.463 e. The number of ether oxygens (including phenoxy) is 1. The van der Waals surface area contributed by atoms with Crippen molar-refractivity contribution < 1.29 is 23.9 Å². The van der Waals surface area contributed by atoms with Crippen molar-refractivity contribution in [3.63, 3.8) is 0 Å². The number of carbonyl (C=O) groups excluding carboxylic acids is 4. The summed E-state index contributed by atoms with van der Waals surface area (Å²) < 4.78 is 5.84. The van der Waals surface area contributed by atoms with Gasteiger partial charge in [0.05, 0.1) is 22.1 Å². The van der Waals surface area contributed by atoms with Gasteiger partial charge >= 0.3 is 5.97 Å². The molecule has 38 heavy (non-hydrogen) atoms. The summed E-state index contributed by atoms with van der Waals surface area (Å²) >= 11 is 0. The van der Waals surface area contributed by atoms with Crippen molar-refractivity contribution in [1.82, 2.24) is 9.80 Å². The van der Waals surface area contributed by atoms with E-state index in [0.717, 1.165) is 5.69 Å². The molecule has 0 unspecified atom stereocenters. The van der Waals surface area contributed by atoms with Crippen molar-refractivity contribution >= 4 is 29.4 Å². The highest BCUT2D eigenvalue weighted by Gasteiger charge is 2.45. The molecule has 0 radical (unpaired) electrons. The molecular weight excluding hydrogens is 482 g/mol. The van der Waals surface area contributed by atoms with Crippen LogP contribution in [-0.4, -0.2) is 71.8 Å². The zero-order chi connectivity index (χ0) is 27.5. The van der Waals surface area contributed by atoms with Gasteiger partial charge in [0.15, 0.2) is 0 Å². The predicted octanol–water partition coefficient (Wildman–Crippen LogP) is 4.15. The smallest absolute Gasteiger partial charge is 0.311 e. The monoisotopic (exact) mass is 519 g/mol. The number of para-hydroxylation sites is 1. The Labute approximate surface area is 224 Å². The molecule has 8 heteroatoms. The first kappa shape index (κ1) is 27.5. The molecule has 202 valence electrons. The third-order valence-electron chi connectivity index (χ3n) is 7.43. The maximum absolute atomic E-state index is 13.3. The van der Waals surface area contributed by atoms with E-state index in [2.05, 4.69) is 4.90 Å². The van der Waals surface area contributed by atoms with Crippen molar-refractivity contribution in [3.8, 4) is 0 Å². The Bertz CT molecular complexity index is 1160. The molecule has 2 heterocycles. The Hall–Kier alpha value is -3.52. The molecule has 3 amide bonds. The van der Waals surface area contributed by atoms with E-state index in [-0.39, 0.29) is 30.3 Å². The van der Waals surface area contributed by atoms with Crippen molar-refractivity contribution in [3.05, 3.63) is 65.7 Å². The van der Waals surface area contributed by atoms with E-state index in [1.807, 2.05) is 62.9 Å². The van der Waals surface area contributed by atoms with Gasteiger partial charge in [-0.1, -0.05) is 37.3 Å². The molecule has 4 rings (SSSR count). The van der Waals surface area contributed by atoms with Crippen LogP contribution in [0, 0.1) is 5.41 Å². The molecule has 0 aromatic heterocycles. The molecule has 0 atom stereocenters. The van der Waals surface area contributed by atoms with E-state index in [4.69, 9.17) is 4.74 Å². The highest BCUT2D eigenvalue weighted by atomic mass is 16.5. The van der Waals surface area contributed by atoms with Gasteiger partial charge in [-0.05, 0) is 57.9 Å². The minimum atomic E-state index is -0.693. The van der Waals surface area contributed by atoms with E-state index < -0.39 is 11.0 Å². The number of piperidine rings is 1. The van der Waals surface area contributed by atoms with Crippen LogP contribution in [0.25, 0.3) is 0 Å². The average Bonchev–Trinajstić information content (AvgIpc) is 3.16. The van der Waals surface area contributed by atoms with Crippen LogP contribution in [0.1, 0.15) is 67.7 Å². The minimum absolute atomic E-state index is 0.0255. The van der Waals surface area contributed by atoms with Crippen molar-refractivity contribution in [2.75, 3.05) is 37.7 Å². The summed E-state index contributed by atoms with van der Waals surface area (Å²) in [6.45, 7) is 9.50. The maximum atomic E-state index is 13.3. The Morgan fingerprint density at radius 2 is 1.45 bits per heavy atom. The number of nitrogens with zero attached hydrogens (tertiary/aromatic N) is 3. The van der Waals surface area contributed by atoms with Crippen molar-refractivity contribution in [1.29, 1.82) is 0 Å². The summed E-state index contributed by atoms with van der Waals surface area (Å²) in [5, 5.41) is 0. The van der Waals surface area contributed by atoms with Gasteiger partial charge in [-0.25, -0.2) is 0 Å². The van der Waals surface area contributed by atoms with Gasteiger partial charge in [-0.2, -0.15) is 0 Å². The van der Waals surface area contributed by atoms with Gasteiger partial charge in [0, 0.05) is 38.3 Å². The van der Waals surface area contributed by atoms with Gasteiger partial charge in [-0.3, -0.25) is 24.1 Å². The molecule has 0 N–H and O–H groups in total. The molecule has 2 aromatic rings. The van der Waals surface area contributed by atoms with Crippen molar-refractivity contribution in [2.45, 2.75) is 52.5 Å². The molecule has 1 saturated heterocycles. The molecule has 0 aliphatic carbocycles. The number of hydrogen-bond acceptors (Lipinski definition) is 6. The number of fused-ring (bicyclic) bond motifs is 1. The third kappa shape index (κ3) is 5.50. The highest BCUT2D eigenvalue weighted by molar-refractivity contribution is 6.21. The number of imide groups is 1. The van der Waals surface area contributed by atoms with Crippen LogP contribution in [0.3, 0.4) is 0 Å². The Morgan fingerprint density at radius 3 is 1.97 bits per heavy atom. The number of carbonyl (C=O) groups is 4. The predicted molar refractivity (Wildman–Crippen MR) is 145 cm³/mol. The fourth-order valence-corrected chi connectivity index (χ4v) is 5.14. The second-order valence-corrected chi connectivity index (χ2v) is 11.1. The van der Waals surface area contributed by atoms with E-state index >= 15 is 0 Å². The first-order valence-electron chi connectivity index (χ1n) is 13.3. The number of hydrogen-bond donors (Lipinski definition) is 0. The Balaban J connectivity index is 1.50. The Kier molecular flexibility index (Phi) is 8.02. The summed E-state index contributed by atoms with van der Waals surface area (Å²) in [7, 11) is 0. The molecular formula is C30H37N3O5. The van der Waals surface area contributed by atoms with Crippen LogP contribution in [-0.2, 0) is 14.3 Å². The summed E-state index contributed by atoms with van der Waals surface area (Å²) in [5.41, 5.74) is 0.340. The molecule has 0 saturated carbocycles. The first-order chi connectivity index (χ1) is 18.1. The average molecular weight is 520 g/mol. The molecule has 2 aromatic carbocycles. The van der Waals surface area contributed by atoms with Crippen LogP contribution in [0.2, 0.25) is 0 Å². The summed E-state index contributed by atoms with van der Waals surface area (Å²) in [5.74, 6) is -0.839. The summed E-state index contributed by atoms with van der Waals surface area (Å²) in [6.07, 6.45) is 1.51. The van der Waals surface area contributed by atoms with Crippen LogP contribution >= 0.6 is 0 Å². The maximum Gasteiger partial charge on any atom is 0.311 e. The fourth-order valence-electron chi connectivity index (χ4n) is 5.14. The zero-order valence-corrected chi connectivity index (χ0v) is 22.7. The number of likely N-dealkylation sites (tertiary alicyclic amines) is 1. The second-order valence-electron chi connectivity index (χ2n) is 11.1. The van der Waals surface area contributed by atoms with Crippen LogP contribution in [0.5, 0.6) is 0 Å². The van der Waals surface area contributed by atoms with Crippen LogP contribution in [0.15, 0.2) is 54.6 Å². The number of rotatable bonds is 8. The Morgan fingerprint density at radius 1 is 0.895 bits per heavy atom. The van der Waals surface area contributed by atoms with Gasteiger partial charge < -0.3 is 14.5 Å². The van der Waals surface area contributed by atoms with Gasteiger partial charge in [0.2, 0.25) is 5.91 Å². The van der Waals surface area contributed by atoms with E-state index in [0.29, 0.717) is 56.6 Å². The summed E-state index contributed by atoms with van der Waals surface area (Å²) in [4.78, 5) is 56.9. The number of benzene rings is 2. The molecule has 2 aliphatic heterocycles. The minimum Gasteiger partial charge on any atom is -0.463 e. The molecule has 2 aliphatic rings. The zero-order valence-electron chi connectivity index (χ0n) is 22.7.